The van der Waals surface area contributed by atoms with Crippen molar-refractivity contribution in [1.82, 2.24) is 39.8 Å². The molecule has 0 bridgehead atoms. The van der Waals surface area contributed by atoms with Gasteiger partial charge in [0.15, 0.2) is 5.65 Å². The highest BCUT2D eigenvalue weighted by Crippen LogP contribution is 2.18. The van der Waals surface area contributed by atoms with Crippen LogP contribution in [-0.4, -0.2) is 39.8 Å². The first-order valence-electron chi connectivity index (χ1n) is 5.84. The van der Waals surface area contributed by atoms with Crippen LogP contribution in [0.2, 0.25) is 0 Å². The number of hydrogen-bond acceptors (Lipinski definition) is 6. The normalized spacial score (nSPS) is 11.4. The highest BCUT2D eigenvalue weighted by Gasteiger charge is 2.16. The fourth-order valence-electron chi connectivity index (χ4n) is 2.17. The number of fused-ring (bicyclic) bond motifs is 3. The molecule has 3 aromatic heterocycles. The van der Waals surface area contributed by atoms with Crippen molar-refractivity contribution in [2.45, 2.75) is 0 Å². The van der Waals surface area contributed by atoms with Crippen molar-refractivity contribution < 1.29 is 0 Å². The van der Waals surface area contributed by atoms with Gasteiger partial charge in [0.2, 0.25) is 11.6 Å². The fourth-order valence-corrected chi connectivity index (χ4v) is 2.17. The maximum atomic E-state index is 12.3. The van der Waals surface area contributed by atoms with E-state index in [2.05, 4.69) is 30.7 Å². The minimum absolute atomic E-state index is 0.250. The Kier molecular flexibility index (Phi) is 1.99. The Bertz CT molecular complexity index is 981. The molecule has 0 aliphatic heterocycles. The number of hydrogen-bond donors (Lipinski definition) is 1. The van der Waals surface area contributed by atoms with Gasteiger partial charge in [-0.2, -0.15) is 9.73 Å². The Labute approximate surface area is 110 Å². The van der Waals surface area contributed by atoms with Crippen molar-refractivity contribution in [2.24, 2.45) is 7.05 Å². The van der Waals surface area contributed by atoms with Crippen LogP contribution >= 0.6 is 0 Å². The van der Waals surface area contributed by atoms with Gasteiger partial charge in [-0.05, 0) is 17.3 Å². The number of H-pyrrole nitrogens is 1. The van der Waals surface area contributed by atoms with Crippen molar-refractivity contribution in [1.29, 1.82) is 0 Å². The third kappa shape index (κ3) is 1.31. The lowest BCUT2D eigenvalue weighted by Crippen LogP contribution is -2.25. The van der Waals surface area contributed by atoms with Gasteiger partial charge in [-0.15, -0.1) is 15.3 Å². The number of aryl methyl sites for hydroxylation is 1. The number of rotatable bonds is 1. The van der Waals surface area contributed by atoms with E-state index in [0.29, 0.717) is 5.65 Å². The summed E-state index contributed by atoms with van der Waals surface area (Å²) in [5, 5.41) is 18.4. The molecule has 20 heavy (non-hydrogen) atoms. The molecule has 98 valence electrons. The molecular weight excluding hydrogens is 260 g/mol. The molecule has 4 aromatic rings. The van der Waals surface area contributed by atoms with E-state index in [1.54, 1.807) is 7.05 Å². The molecule has 0 fully saturated rings. The molecule has 0 aliphatic rings. The predicted molar refractivity (Wildman–Crippen MR) is 68.9 cm³/mol. The van der Waals surface area contributed by atoms with Gasteiger partial charge in [0.1, 0.15) is 0 Å². The summed E-state index contributed by atoms with van der Waals surface area (Å²) in [6.07, 6.45) is 0. The number of nitrogens with one attached hydrogen (secondary N) is 1. The number of benzene rings is 1. The third-order valence-corrected chi connectivity index (χ3v) is 3.13. The molecule has 0 radical (unpaired) electrons. The third-order valence-electron chi connectivity index (χ3n) is 3.13. The Hall–Kier alpha value is -3.10. The summed E-state index contributed by atoms with van der Waals surface area (Å²) in [6.45, 7) is 0. The maximum Gasteiger partial charge on any atom is 0.350 e. The van der Waals surface area contributed by atoms with E-state index < -0.39 is 0 Å². The Morgan fingerprint density at radius 2 is 2.05 bits per heavy atom. The molecule has 0 spiro atoms. The molecule has 9 nitrogen and oxygen atoms in total. The van der Waals surface area contributed by atoms with Crippen LogP contribution in [0.5, 0.6) is 0 Å². The minimum Gasteiger partial charge on any atom is -0.295 e. The number of tetrazole rings is 1. The van der Waals surface area contributed by atoms with Crippen LogP contribution in [0.25, 0.3) is 28.2 Å². The van der Waals surface area contributed by atoms with E-state index in [1.165, 1.54) is 9.08 Å². The van der Waals surface area contributed by atoms with Crippen molar-refractivity contribution in [2.75, 3.05) is 0 Å². The molecule has 0 atom stereocenters. The van der Waals surface area contributed by atoms with Crippen LogP contribution in [0.3, 0.4) is 0 Å². The maximum absolute atomic E-state index is 12.3. The lowest BCUT2D eigenvalue weighted by Gasteiger charge is -2.04. The summed E-state index contributed by atoms with van der Waals surface area (Å²) in [6, 6.07) is 7.50. The number of para-hydroxylation sites is 1. The summed E-state index contributed by atoms with van der Waals surface area (Å²) in [5.41, 5.74) is 0.988. The van der Waals surface area contributed by atoms with Crippen LogP contribution in [0, 0.1) is 0 Å². The highest BCUT2D eigenvalue weighted by atomic mass is 16.2. The van der Waals surface area contributed by atoms with E-state index in [1.807, 2.05) is 24.3 Å². The SMILES string of the molecule is Cn1c(=O)n2nc(-c3nn[nH]n3)nc2c2ccccc21. The molecule has 4 rings (SSSR count). The van der Waals surface area contributed by atoms with Crippen LogP contribution in [-0.2, 0) is 7.05 Å². The predicted octanol–water partition coefficient (Wildman–Crippen LogP) is -0.239. The van der Waals surface area contributed by atoms with Crippen molar-refractivity contribution in [3.8, 4) is 11.6 Å². The quantitative estimate of drug-likeness (QED) is 0.510. The molecular formula is C11H8N8O. The van der Waals surface area contributed by atoms with Crippen LogP contribution in [0.1, 0.15) is 0 Å². The standard InChI is InChI=1S/C11H8N8O/c1-18-7-5-3-2-4-6(7)10-12-8(9-13-16-17-14-9)15-19(10)11(18)20/h2-5H,1H3,(H,13,14,16,17). The zero-order valence-electron chi connectivity index (χ0n) is 10.3. The molecule has 3 heterocycles. The van der Waals surface area contributed by atoms with Crippen LogP contribution < -0.4 is 5.69 Å². The molecule has 0 saturated heterocycles. The summed E-state index contributed by atoms with van der Waals surface area (Å²) >= 11 is 0. The zero-order chi connectivity index (χ0) is 13.7. The largest absolute Gasteiger partial charge is 0.350 e. The van der Waals surface area contributed by atoms with E-state index in [4.69, 9.17) is 0 Å². The van der Waals surface area contributed by atoms with Crippen molar-refractivity contribution in [3.63, 3.8) is 0 Å². The molecule has 0 aliphatic carbocycles. The van der Waals surface area contributed by atoms with E-state index >= 15 is 0 Å². The summed E-state index contributed by atoms with van der Waals surface area (Å²) in [7, 11) is 1.69. The number of nitrogens with zero attached hydrogens (tertiary/aromatic N) is 7. The van der Waals surface area contributed by atoms with Gasteiger partial charge in [0, 0.05) is 12.4 Å². The monoisotopic (exact) mass is 268 g/mol. The summed E-state index contributed by atoms with van der Waals surface area (Å²) < 4.78 is 2.77. The van der Waals surface area contributed by atoms with Gasteiger partial charge < -0.3 is 0 Å². The van der Waals surface area contributed by atoms with Crippen LogP contribution in [0.4, 0.5) is 0 Å². The zero-order valence-corrected chi connectivity index (χ0v) is 10.3. The second-order valence-corrected chi connectivity index (χ2v) is 4.26. The Balaban J connectivity index is 2.19. The van der Waals surface area contributed by atoms with Gasteiger partial charge in [-0.1, -0.05) is 12.1 Å². The first-order valence-corrected chi connectivity index (χ1v) is 5.84. The lowest BCUT2D eigenvalue weighted by molar-refractivity contribution is 0.772. The van der Waals surface area contributed by atoms with Gasteiger partial charge in [-0.3, -0.25) is 4.57 Å². The smallest absolute Gasteiger partial charge is 0.295 e. The lowest BCUT2D eigenvalue weighted by atomic mass is 10.2. The van der Waals surface area contributed by atoms with Crippen molar-refractivity contribution >= 4 is 16.6 Å². The average Bonchev–Trinajstić information content (AvgIpc) is 3.13. The Morgan fingerprint density at radius 3 is 2.85 bits per heavy atom. The van der Waals surface area contributed by atoms with Gasteiger partial charge >= 0.3 is 5.69 Å². The molecule has 1 aromatic carbocycles. The van der Waals surface area contributed by atoms with Gasteiger partial charge in [0.25, 0.3) is 0 Å². The minimum atomic E-state index is -0.277. The summed E-state index contributed by atoms with van der Waals surface area (Å²) in [4.78, 5) is 16.6. The highest BCUT2D eigenvalue weighted by molar-refractivity contribution is 5.91. The number of aromatic nitrogens is 8. The molecule has 0 amide bonds. The second kappa shape index (κ2) is 3.70. The fraction of sp³-hybridized carbons (Fsp3) is 0.0909. The molecule has 0 saturated carbocycles. The van der Waals surface area contributed by atoms with Gasteiger partial charge in [-0.25, -0.2) is 9.78 Å². The second-order valence-electron chi connectivity index (χ2n) is 4.26. The first-order chi connectivity index (χ1) is 9.75. The molecule has 0 unspecified atom stereocenters. The number of aromatic amines is 1. The van der Waals surface area contributed by atoms with E-state index in [-0.39, 0.29) is 17.3 Å². The first kappa shape index (κ1) is 10.8. The van der Waals surface area contributed by atoms with Crippen molar-refractivity contribution in [3.05, 3.63) is 34.7 Å². The molecule has 1 N–H and O–H groups in total. The van der Waals surface area contributed by atoms with Gasteiger partial charge in [0.05, 0.1) is 5.52 Å². The van der Waals surface area contributed by atoms with E-state index in [9.17, 15) is 4.79 Å². The molecule has 9 heteroatoms. The summed E-state index contributed by atoms with van der Waals surface area (Å²) in [5.74, 6) is 0.507. The Morgan fingerprint density at radius 1 is 1.20 bits per heavy atom. The van der Waals surface area contributed by atoms with E-state index in [0.717, 1.165) is 10.9 Å². The van der Waals surface area contributed by atoms with Crippen LogP contribution in [0.15, 0.2) is 29.1 Å². The average molecular weight is 268 g/mol. The topological polar surface area (TPSA) is 107 Å².